The first-order chi connectivity index (χ1) is 14.4. The lowest BCUT2D eigenvalue weighted by atomic mass is 10.2. The summed E-state index contributed by atoms with van der Waals surface area (Å²) in [4.78, 5) is 20.8. The summed E-state index contributed by atoms with van der Waals surface area (Å²) in [6.07, 6.45) is -3.41. The zero-order valence-corrected chi connectivity index (χ0v) is 19.7. The van der Waals surface area contributed by atoms with E-state index in [2.05, 4.69) is 15.0 Å². The van der Waals surface area contributed by atoms with Crippen LogP contribution in [0.25, 0.3) is 0 Å². The Morgan fingerprint density at radius 1 is 1.23 bits per heavy atom. The number of alkyl halides is 3. The molecule has 1 N–H and O–H groups in total. The molecule has 0 aromatic heterocycles. The lowest BCUT2D eigenvalue weighted by Crippen LogP contribution is -2.55. The van der Waals surface area contributed by atoms with Gasteiger partial charge in [0.15, 0.2) is 5.96 Å². The van der Waals surface area contributed by atoms with Gasteiger partial charge >= 0.3 is 6.36 Å². The number of nitrogens with zero attached hydrogens (tertiary/aromatic N) is 3. The minimum absolute atomic E-state index is 0. The summed E-state index contributed by atoms with van der Waals surface area (Å²) in [5.41, 5.74) is 0.345. The number of para-hydroxylation sites is 1. The van der Waals surface area contributed by atoms with Crippen LogP contribution in [0, 0.1) is 0 Å². The van der Waals surface area contributed by atoms with Crippen molar-refractivity contribution in [3.05, 3.63) is 29.8 Å². The van der Waals surface area contributed by atoms with Gasteiger partial charge in [-0.3, -0.25) is 4.79 Å². The second-order valence-electron chi connectivity index (χ2n) is 7.14. The van der Waals surface area contributed by atoms with Crippen molar-refractivity contribution in [1.29, 1.82) is 0 Å². The highest BCUT2D eigenvalue weighted by Gasteiger charge is 2.32. The summed E-state index contributed by atoms with van der Waals surface area (Å²) in [6.45, 7) is 5.50. The fraction of sp³-hybridized carbons (Fsp3) is 0.600. The van der Waals surface area contributed by atoms with Crippen LogP contribution in [-0.2, 0) is 16.1 Å². The minimum Gasteiger partial charge on any atom is -0.405 e. The van der Waals surface area contributed by atoms with Crippen molar-refractivity contribution in [2.45, 2.75) is 38.8 Å². The summed E-state index contributed by atoms with van der Waals surface area (Å²) in [5.74, 6) is 0.382. The normalized spacial score (nSPS) is 19.7. The molecule has 3 rings (SSSR count). The van der Waals surface area contributed by atoms with E-state index in [-0.39, 0.29) is 48.3 Å². The molecule has 1 aromatic rings. The van der Waals surface area contributed by atoms with Crippen LogP contribution in [0.1, 0.15) is 25.3 Å². The molecule has 0 spiro atoms. The summed E-state index contributed by atoms with van der Waals surface area (Å²) in [5, 5.41) is 3.17. The average Bonchev–Trinajstić information content (AvgIpc) is 3.25. The van der Waals surface area contributed by atoms with Gasteiger partial charge in [0.05, 0.1) is 6.54 Å². The number of halogens is 4. The predicted octanol–water partition coefficient (Wildman–Crippen LogP) is 2.99. The van der Waals surface area contributed by atoms with Crippen molar-refractivity contribution in [3.8, 4) is 5.75 Å². The molecule has 1 atom stereocenters. The Morgan fingerprint density at radius 3 is 2.52 bits per heavy atom. The zero-order chi connectivity index (χ0) is 21.6. The number of amides is 1. The Morgan fingerprint density at radius 2 is 1.90 bits per heavy atom. The third kappa shape index (κ3) is 7.41. The van der Waals surface area contributed by atoms with E-state index in [9.17, 15) is 18.0 Å². The van der Waals surface area contributed by atoms with Crippen LogP contribution in [0.15, 0.2) is 29.3 Å². The van der Waals surface area contributed by atoms with Crippen LogP contribution in [0.4, 0.5) is 13.2 Å². The van der Waals surface area contributed by atoms with E-state index in [0.717, 1.165) is 12.8 Å². The summed E-state index contributed by atoms with van der Waals surface area (Å²) in [7, 11) is 0. The number of rotatable bonds is 5. The SMILES string of the molecule is CCNC(=NCc1ccccc1OC(F)(F)F)N1CCN(C(=O)C2CCCO2)CC1.I. The monoisotopic (exact) mass is 556 g/mol. The molecule has 31 heavy (non-hydrogen) atoms. The summed E-state index contributed by atoms with van der Waals surface area (Å²) >= 11 is 0. The van der Waals surface area contributed by atoms with Crippen molar-refractivity contribution in [3.63, 3.8) is 0 Å². The molecule has 174 valence electrons. The fourth-order valence-corrected chi connectivity index (χ4v) is 3.56. The molecular weight excluding hydrogens is 528 g/mol. The molecular formula is C20H28F3IN4O3. The molecule has 1 aromatic carbocycles. The largest absolute Gasteiger partial charge is 0.573 e. The zero-order valence-electron chi connectivity index (χ0n) is 17.4. The predicted molar refractivity (Wildman–Crippen MR) is 120 cm³/mol. The third-order valence-corrected chi connectivity index (χ3v) is 5.03. The van der Waals surface area contributed by atoms with Crippen LogP contribution < -0.4 is 10.1 Å². The van der Waals surface area contributed by atoms with Gasteiger partial charge in [0.25, 0.3) is 5.91 Å². The topological polar surface area (TPSA) is 66.4 Å². The molecule has 2 aliphatic heterocycles. The number of hydrogen-bond acceptors (Lipinski definition) is 4. The van der Waals surface area contributed by atoms with Gasteiger partial charge in [0, 0.05) is 44.9 Å². The van der Waals surface area contributed by atoms with Gasteiger partial charge in [0.2, 0.25) is 0 Å². The number of benzene rings is 1. The van der Waals surface area contributed by atoms with Crippen molar-refractivity contribution in [1.82, 2.24) is 15.1 Å². The van der Waals surface area contributed by atoms with E-state index in [1.807, 2.05) is 16.7 Å². The Bertz CT molecular complexity index is 749. The Balaban J connectivity index is 0.00000341. The van der Waals surface area contributed by atoms with E-state index < -0.39 is 6.36 Å². The van der Waals surface area contributed by atoms with Gasteiger partial charge < -0.3 is 24.6 Å². The molecule has 2 saturated heterocycles. The third-order valence-electron chi connectivity index (χ3n) is 5.03. The number of hydrogen-bond donors (Lipinski definition) is 1. The van der Waals surface area contributed by atoms with Gasteiger partial charge in [-0.05, 0) is 25.8 Å². The molecule has 1 unspecified atom stereocenters. The molecule has 7 nitrogen and oxygen atoms in total. The lowest BCUT2D eigenvalue weighted by Gasteiger charge is -2.37. The minimum atomic E-state index is -4.75. The Hall–Kier alpha value is -1.76. The number of ether oxygens (including phenoxy) is 2. The summed E-state index contributed by atoms with van der Waals surface area (Å²) in [6, 6.07) is 5.98. The molecule has 2 fully saturated rings. The number of carbonyl (C=O) groups is 1. The molecule has 0 bridgehead atoms. The van der Waals surface area contributed by atoms with Crippen LogP contribution >= 0.6 is 24.0 Å². The summed E-state index contributed by atoms with van der Waals surface area (Å²) < 4.78 is 47.5. The Kier molecular flexibility index (Phi) is 9.66. The number of nitrogens with one attached hydrogen (secondary N) is 1. The van der Waals surface area contributed by atoms with Gasteiger partial charge in [-0.15, -0.1) is 37.1 Å². The molecule has 0 saturated carbocycles. The van der Waals surface area contributed by atoms with Crippen molar-refractivity contribution in [2.24, 2.45) is 4.99 Å². The van der Waals surface area contributed by atoms with Gasteiger partial charge in [-0.2, -0.15) is 0 Å². The Labute approximate surface area is 197 Å². The van der Waals surface area contributed by atoms with Crippen molar-refractivity contribution in [2.75, 3.05) is 39.3 Å². The number of carbonyl (C=O) groups excluding carboxylic acids is 1. The molecule has 1 amide bonds. The first kappa shape index (κ1) is 25.5. The van der Waals surface area contributed by atoms with Gasteiger partial charge in [0.1, 0.15) is 11.9 Å². The maximum absolute atomic E-state index is 12.6. The first-order valence-corrected chi connectivity index (χ1v) is 10.1. The highest BCUT2D eigenvalue weighted by atomic mass is 127. The van der Waals surface area contributed by atoms with Crippen molar-refractivity contribution >= 4 is 35.8 Å². The van der Waals surface area contributed by atoms with Crippen LogP contribution in [-0.4, -0.2) is 73.5 Å². The quantitative estimate of drug-likeness (QED) is 0.344. The second-order valence-corrected chi connectivity index (χ2v) is 7.14. The lowest BCUT2D eigenvalue weighted by molar-refractivity contribution is -0.274. The highest BCUT2D eigenvalue weighted by Crippen LogP contribution is 2.26. The smallest absolute Gasteiger partial charge is 0.405 e. The van der Waals surface area contributed by atoms with Gasteiger partial charge in [-0.25, -0.2) is 4.99 Å². The number of piperazine rings is 1. The maximum Gasteiger partial charge on any atom is 0.573 e. The molecule has 0 radical (unpaired) electrons. The second kappa shape index (κ2) is 11.7. The van der Waals surface area contributed by atoms with E-state index in [0.29, 0.717) is 50.9 Å². The number of guanidine groups is 1. The number of aliphatic imine (C=N–C) groups is 1. The molecule has 2 heterocycles. The van der Waals surface area contributed by atoms with E-state index in [1.165, 1.54) is 12.1 Å². The average molecular weight is 556 g/mol. The van der Waals surface area contributed by atoms with Gasteiger partial charge in [-0.1, -0.05) is 18.2 Å². The van der Waals surface area contributed by atoms with Crippen molar-refractivity contribution < 1.29 is 27.4 Å². The van der Waals surface area contributed by atoms with Crippen LogP contribution in [0.3, 0.4) is 0 Å². The molecule has 11 heteroatoms. The van der Waals surface area contributed by atoms with Crippen LogP contribution in [0.5, 0.6) is 5.75 Å². The fourth-order valence-electron chi connectivity index (χ4n) is 3.56. The molecule has 0 aliphatic carbocycles. The van der Waals surface area contributed by atoms with Crippen LogP contribution in [0.2, 0.25) is 0 Å². The van der Waals surface area contributed by atoms with E-state index in [4.69, 9.17) is 4.74 Å². The maximum atomic E-state index is 12.6. The standard InChI is InChI=1S/C20H27F3N4O3.HI/c1-2-24-19(25-14-15-6-3-4-7-16(15)30-20(21,22)23)27-11-9-26(10-12-27)18(28)17-8-5-13-29-17;/h3-4,6-7,17H,2,5,8-14H2,1H3,(H,24,25);1H. The highest BCUT2D eigenvalue weighted by molar-refractivity contribution is 14.0. The first-order valence-electron chi connectivity index (χ1n) is 10.1. The van der Waals surface area contributed by atoms with E-state index in [1.54, 1.807) is 12.1 Å². The molecule has 2 aliphatic rings. The van der Waals surface area contributed by atoms with E-state index >= 15 is 0 Å².